The van der Waals surface area contributed by atoms with Gasteiger partial charge in [-0.3, -0.25) is 9.59 Å². The molecule has 1 aromatic heterocycles. The van der Waals surface area contributed by atoms with E-state index in [1.165, 1.54) is 0 Å². The van der Waals surface area contributed by atoms with E-state index in [9.17, 15) is 9.59 Å². The van der Waals surface area contributed by atoms with Gasteiger partial charge in [-0.1, -0.05) is 29.8 Å². The number of fused-ring (bicyclic) bond motifs is 1. The number of nitrogens with one attached hydrogen (secondary N) is 3. The molecule has 3 N–H and O–H groups in total. The van der Waals surface area contributed by atoms with E-state index in [-0.39, 0.29) is 11.8 Å². The van der Waals surface area contributed by atoms with Gasteiger partial charge in [0.05, 0.1) is 5.57 Å². The topological polar surface area (TPSA) is 77.2 Å². The summed E-state index contributed by atoms with van der Waals surface area (Å²) >= 11 is 3.45. The maximum atomic E-state index is 12.4. The molecule has 0 aliphatic carbocycles. The summed E-state index contributed by atoms with van der Waals surface area (Å²) in [6.07, 6.45) is 1.80. The van der Waals surface area contributed by atoms with Crippen LogP contribution in [0.3, 0.4) is 0 Å². The van der Waals surface area contributed by atoms with Gasteiger partial charge in [0.1, 0.15) is 5.69 Å². The fourth-order valence-corrected chi connectivity index (χ4v) is 3.62. The van der Waals surface area contributed by atoms with Crippen molar-refractivity contribution < 1.29 is 9.59 Å². The molecule has 3 rings (SSSR count). The number of carbonyl (C=O) groups is 2. The van der Waals surface area contributed by atoms with Crippen molar-refractivity contribution in [2.75, 3.05) is 31.5 Å². The third kappa shape index (κ3) is 4.36. The standard InChI is InChI=1S/C21H25BrN4O2/c1-4-26(5-2)9-8-23-21(28)19-10-13(3)18(24-19)12-16-15-11-14(22)6-7-17(15)25-20(16)27/h6-7,10-12,24H,4-5,8-9H2,1-3H3,(H,23,28)(H,25,27)/b16-12-. The Balaban J connectivity index is 1.76. The molecule has 148 valence electrons. The van der Waals surface area contributed by atoms with Crippen LogP contribution in [0.4, 0.5) is 5.69 Å². The van der Waals surface area contributed by atoms with Gasteiger partial charge in [-0.2, -0.15) is 0 Å². The first kappa shape index (κ1) is 20.4. The molecule has 28 heavy (non-hydrogen) atoms. The van der Waals surface area contributed by atoms with Crippen LogP contribution < -0.4 is 10.6 Å². The molecule has 6 nitrogen and oxygen atoms in total. The molecule has 1 aliphatic rings. The van der Waals surface area contributed by atoms with E-state index in [1.54, 1.807) is 6.08 Å². The molecule has 2 aromatic rings. The molecular weight excluding hydrogens is 420 g/mol. The molecule has 2 heterocycles. The highest BCUT2D eigenvalue weighted by molar-refractivity contribution is 9.10. The molecule has 0 saturated carbocycles. The number of benzene rings is 1. The second kappa shape index (κ2) is 8.75. The number of rotatable bonds is 7. The molecule has 0 unspecified atom stereocenters. The summed E-state index contributed by atoms with van der Waals surface area (Å²) in [7, 11) is 0. The maximum Gasteiger partial charge on any atom is 0.267 e. The molecule has 7 heteroatoms. The van der Waals surface area contributed by atoms with Crippen molar-refractivity contribution in [3.05, 3.63) is 51.3 Å². The zero-order valence-electron chi connectivity index (χ0n) is 16.4. The molecule has 0 spiro atoms. The number of aromatic amines is 1. The van der Waals surface area contributed by atoms with Crippen LogP contribution in [-0.4, -0.2) is 47.9 Å². The van der Waals surface area contributed by atoms with Gasteiger partial charge in [0.25, 0.3) is 11.8 Å². The SMILES string of the molecule is CCN(CC)CCNC(=O)c1cc(C)c(/C=C2\C(=O)Nc3ccc(Br)cc32)[nH]1. The third-order valence-corrected chi connectivity index (χ3v) is 5.45. The Morgan fingerprint density at radius 2 is 2.00 bits per heavy atom. The van der Waals surface area contributed by atoms with Gasteiger partial charge in [-0.15, -0.1) is 0 Å². The Hall–Kier alpha value is -2.38. The zero-order valence-corrected chi connectivity index (χ0v) is 17.9. The average Bonchev–Trinajstić information content (AvgIpc) is 3.19. The van der Waals surface area contributed by atoms with Crippen LogP contribution in [0.15, 0.2) is 28.7 Å². The molecule has 0 bridgehead atoms. The number of halogens is 1. The van der Waals surface area contributed by atoms with E-state index in [2.05, 4.69) is 50.3 Å². The van der Waals surface area contributed by atoms with E-state index < -0.39 is 0 Å². The zero-order chi connectivity index (χ0) is 20.3. The highest BCUT2D eigenvalue weighted by atomic mass is 79.9. The van der Waals surface area contributed by atoms with Gasteiger partial charge in [-0.25, -0.2) is 0 Å². The number of aryl methyl sites for hydroxylation is 1. The summed E-state index contributed by atoms with van der Waals surface area (Å²) in [6, 6.07) is 7.49. The molecule has 0 atom stereocenters. The highest BCUT2D eigenvalue weighted by Gasteiger charge is 2.24. The highest BCUT2D eigenvalue weighted by Crippen LogP contribution is 2.35. The van der Waals surface area contributed by atoms with Crippen LogP contribution in [0.25, 0.3) is 11.6 Å². The summed E-state index contributed by atoms with van der Waals surface area (Å²) in [5.74, 6) is -0.286. The van der Waals surface area contributed by atoms with Crippen LogP contribution in [0, 0.1) is 6.92 Å². The van der Waals surface area contributed by atoms with Crippen molar-refractivity contribution in [3.63, 3.8) is 0 Å². The van der Waals surface area contributed by atoms with Crippen molar-refractivity contribution in [3.8, 4) is 0 Å². The second-order valence-corrected chi connectivity index (χ2v) is 7.68. The van der Waals surface area contributed by atoms with E-state index in [0.717, 1.165) is 46.6 Å². The second-order valence-electron chi connectivity index (χ2n) is 6.76. The maximum absolute atomic E-state index is 12.4. The first-order chi connectivity index (χ1) is 13.4. The minimum absolute atomic E-state index is 0.140. The van der Waals surface area contributed by atoms with Crippen LogP contribution in [0.1, 0.15) is 41.2 Å². The van der Waals surface area contributed by atoms with Crippen LogP contribution in [0.5, 0.6) is 0 Å². The predicted molar refractivity (Wildman–Crippen MR) is 116 cm³/mol. The number of anilines is 1. The average molecular weight is 445 g/mol. The lowest BCUT2D eigenvalue weighted by Crippen LogP contribution is -2.34. The summed E-state index contributed by atoms with van der Waals surface area (Å²) < 4.78 is 0.908. The Morgan fingerprint density at radius 3 is 2.71 bits per heavy atom. The normalized spacial score (nSPS) is 14.5. The molecule has 0 saturated heterocycles. The largest absolute Gasteiger partial charge is 0.351 e. The van der Waals surface area contributed by atoms with Gasteiger partial charge in [0.2, 0.25) is 0 Å². The number of hydrogen-bond donors (Lipinski definition) is 3. The quantitative estimate of drug-likeness (QED) is 0.570. The fraction of sp³-hybridized carbons (Fsp3) is 0.333. The molecule has 0 radical (unpaired) electrons. The predicted octanol–water partition coefficient (Wildman–Crippen LogP) is 3.65. The molecule has 1 aliphatic heterocycles. The fourth-order valence-electron chi connectivity index (χ4n) is 3.26. The summed E-state index contributed by atoms with van der Waals surface area (Å²) in [5.41, 5.74) is 4.38. The van der Waals surface area contributed by atoms with E-state index in [0.29, 0.717) is 17.8 Å². The van der Waals surface area contributed by atoms with E-state index >= 15 is 0 Å². The Bertz CT molecular complexity index is 928. The summed E-state index contributed by atoms with van der Waals surface area (Å²) in [5, 5.41) is 5.81. The summed E-state index contributed by atoms with van der Waals surface area (Å²) in [4.78, 5) is 30.2. The van der Waals surface area contributed by atoms with Crippen molar-refractivity contribution in [1.29, 1.82) is 0 Å². The minimum Gasteiger partial charge on any atom is -0.351 e. The molecule has 1 aromatic carbocycles. The van der Waals surface area contributed by atoms with E-state index in [4.69, 9.17) is 0 Å². The number of H-pyrrole nitrogens is 1. The molecular formula is C21H25BrN4O2. The van der Waals surface area contributed by atoms with Crippen molar-refractivity contribution in [2.45, 2.75) is 20.8 Å². The first-order valence-corrected chi connectivity index (χ1v) is 10.2. The Morgan fingerprint density at radius 1 is 1.25 bits per heavy atom. The number of nitrogens with zero attached hydrogens (tertiary/aromatic N) is 1. The minimum atomic E-state index is -0.146. The monoisotopic (exact) mass is 444 g/mol. The smallest absolute Gasteiger partial charge is 0.267 e. The van der Waals surface area contributed by atoms with Gasteiger partial charge >= 0.3 is 0 Å². The molecule has 2 amide bonds. The van der Waals surface area contributed by atoms with Crippen LogP contribution in [0.2, 0.25) is 0 Å². The van der Waals surface area contributed by atoms with Crippen LogP contribution in [-0.2, 0) is 4.79 Å². The molecule has 0 fully saturated rings. The lowest BCUT2D eigenvalue weighted by molar-refractivity contribution is -0.110. The van der Waals surface area contributed by atoms with Crippen molar-refractivity contribution in [2.24, 2.45) is 0 Å². The van der Waals surface area contributed by atoms with Crippen LogP contribution >= 0.6 is 15.9 Å². The number of aromatic nitrogens is 1. The van der Waals surface area contributed by atoms with Gasteiger partial charge in [0.15, 0.2) is 0 Å². The third-order valence-electron chi connectivity index (χ3n) is 4.96. The number of amides is 2. The first-order valence-electron chi connectivity index (χ1n) is 9.46. The number of hydrogen-bond acceptors (Lipinski definition) is 3. The lowest BCUT2D eigenvalue weighted by atomic mass is 10.1. The van der Waals surface area contributed by atoms with Gasteiger partial charge in [-0.05, 0) is 55.9 Å². The van der Waals surface area contributed by atoms with Gasteiger partial charge in [0, 0.05) is 34.5 Å². The van der Waals surface area contributed by atoms with Crippen molar-refractivity contribution >= 4 is 45.1 Å². The lowest BCUT2D eigenvalue weighted by Gasteiger charge is -2.17. The van der Waals surface area contributed by atoms with Crippen molar-refractivity contribution in [1.82, 2.24) is 15.2 Å². The van der Waals surface area contributed by atoms with E-state index in [1.807, 2.05) is 31.2 Å². The number of likely N-dealkylation sites (N-methyl/N-ethyl adjacent to an activating group) is 1. The Kier molecular flexibility index (Phi) is 6.36. The summed E-state index contributed by atoms with van der Waals surface area (Å²) in [6.45, 7) is 9.48. The van der Waals surface area contributed by atoms with Gasteiger partial charge < -0.3 is 20.5 Å². The Labute approximate surface area is 173 Å². The number of carbonyl (C=O) groups excluding carboxylic acids is 2.